The Morgan fingerprint density at radius 1 is 1.24 bits per heavy atom. The van der Waals surface area contributed by atoms with Crippen molar-refractivity contribution in [3.8, 4) is 11.5 Å². The van der Waals surface area contributed by atoms with E-state index >= 15 is 0 Å². The molecule has 1 saturated heterocycles. The van der Waals surface area contributed by atoms with Crippen molar-refractivity contribution >= 4 is 44.1 Å². The van der Waals surface area contributed by atoms with Gasteiger partial charge in [-0.1, -0.05) is 18.2 Å². The van der Waals surface area contributed by atoms with Crippen LogP contribution in [-0.2, 0) is 11.2 Å². The molecule has 6 nitrogen and oxygen atoms in total. The summed E-state index contributed by atoms with van der Waals surface area (Å²) in [7, 11) is 0. The lowest BCUT2D eigenvalue weighted by molar-refractivity contribution is -0.130. The third-order valence-electron chi connectivity index (χ3n) is 4.62. The Hall–Kier alpha value is -2.45. The van der Waals surface area contributed by atoms with Gasteiger partial charge in [-0.3, -0.25) is 4.79 Å². The van der Waals surface area contributed by atoms with E-state index in [1.165, 1.54) is 11.3 Å². The van der Waals surface area contributed by atoms with Crippen molar-refractivity contribution in [2.24, 2.45) is 0 Å². The van der Waals surface area contributed by atoms with Crippen LogP contribution in [0.25, 0.3) is 0 Å². The lowest BCUT2D eigenvalue weighted by Gasteiger charge is -2.14. The first kappa shape index (κ1) is 19.8. The number of carbonyl (C=O) groups excluding carboxylic acids is 1. The maximum absolute atomic E-state index is 12.2. The van der Waals surface area contributed by atoms with Gasteiger partial charge in [-0.2, -0.15) is 0 Å². The summed E-state index contributed by atoms with van der Waals surface area (Å²) in [4.78, 5) is 23.2. The molecule has 0 aliphatic carbocycles. The largest absolute Gasteiger partial charge is 0.453 e. The third-order valence-corrected chi connectivity index (χ3v) is 5.86. The lowest BCUT2D eigenvalue weighted by atomic mass is 10.2. The molecule has 1 aliphatic rings. The Balaban J connectivity index is 1.41. The number of nitrogens with one attached hydrogen (secondary N) is 1. The van der Waals surface area contributed by atoms with Crippen LogP contribution in [0.2, 0.25) is 0 Å². The molecule has 1 aliphatic heterocycles. The number of anilines is 2. The second kappa shape index (κ2) is 9.37. The van der Waals surface area contributed by atoms with Gasteiger partial charge in [0, 0.05) is 41.6 Å². The summed E-state index contributed by atoms with van der Waals surface area (Å²) < 4.78 is 6.80. The number of aromatic nitrogens is 2. The monoisotopic (exact) mass is 472 g/mol. The summed E-state index contributed by atoms with van der Waals surface area (Å²) in [5.41, 5.74) is 0.910. The van der Waals surface area contributed by atoms with E-state index in [9.17, 15) is 4.79 Å². The van der Waals surface area contributed by atoms with Crippen LogP contribution in [0.3, 0.4) is 0 Å². The quantitative estimate of drug-likeness (QED) is 0.498. The minimum absolute atomic E-state index is 0.220. The number of nitrogens with zero attached hydrogens (tertiary/aromatic N) is 3. The molecule has 0 unspecified atom stereocenters. The van der Waals surface area contributed by atoms with Gasteiger partial charge >= 0.3 is 0 Å². The number of aryl methyl sites for hydroxylation is 1. The van der Waals surface area contributed by atoms with Crippen LogP contribution >= 0.6 is 27.3 Å². The van der Waals surface area contributed by atoms with Crippen molar-refractivity contribution in [1.29, 1.82) is 0 Å². The molecule has 2 aromatic heterocycles. The van der Waals surface area contributed by atoms with Crippen LogP contribution in [0.4, 0.5) is 10.9 Å². The molecule has 0 saturated carbocycles. The summed E-state index contributed by atoms with van der Waals surface area (Å²) in [5.74, 6) is 2.14. The second-order valence-electron chi connectivity index (χ2n) is 6.77. The number of halogens is 1. The van der Waals surface area contributed by atoms with E-state index in [-0.39, 0.29) is 5.91 Å². The van der Waals surface area contributed by atoms with E-state index in [1.54, 1.807) is 6.20 Å². The molecule has 1 aromatic carbocycles. The van der Waals surface area contributed by atoms with Gasteiger partial charge in [0.05, 0.1) is 5.69 Å². The van der Waals surface area contributed by atoms with Crippen molar-refractivity contribution < 1.29 is 9.53 Å². The summed E-state index contributed by atoms with van der Waals surface area (Å²) >= 11 is 4.94. The number of thiazole rings is 1. The van der Waals surface area contributed by atoms with Crippen molar-refractivity contribution in [2.45, 2.75) is 25.7 Å². The zero-order valence-corrected chi connectivity index (χ0v) is 18.2. The van der Waals surface area contributed by atoms with Gasteiger partial charge in [0.15, 0.2) is 16.7 Å². The normalized spacial score (nSPS) is 13.5. The number of hydrogen-bond donors (Lipinski definition) is 1. The maximum atomic E-state index is 12.2. The first-order valence-electron chi connectivity index (χ1n) is 9.55. The first-order valence-corrected chi connectivity index (χ1v) is 11.2. The Morgan fingerprint density at radius 2 is 2.03 bits per heavy atom. The smallest absolute Gasteiger partial charge is 0.222 e. The van der Waals surface area contributed by atoms with Crippen molar-refractivity contribution in [3.05, 3.63) is 58.1 Å². The zero-order valence-electron chi connectivity index (χ0n) is 15.8. The minimum Gasteiger partial charge on any atom is -0.453 e. The number of rotatable bonds is 7. The van der Waals surface area contributed by atoms with E-state index in [0.29, 0.717) is 24.4 Å². The molecular formula is C21H21BrN4O2S. The average molecular weight is 473 g/mol. The number of pyridine rings is 1. The molecule has 0 spiro atoms. The van der Waals surface area contributed by atoms with E-state index in [1.807, 2.05) is 46.7 Å². The van der Waals surface area contributed by atoms with E-state index in [0.717, 1.165) is 47.0 Å². The number of benzene rings is 1. The Labute approximate surface area is 182 Å². The molecule has 0 radical (unpaired) electrons. The molecule has 4 rings (SSSR count). The molecule has 0 atom stereocenters. The fourth-order valence-electron chi connectivity index (χ4n) is 3.15. The molecule has 8 heteroatoms. The van der Waals surface area contributed by atoms with E-state index in [2.05, 4.69) is 31.2 Å². The van der Waals surface area contributed by atoms with Crippen molar-refractivity contribution in [3.63, 3.8) is 0 Å². The molecule has 3 heterocycles. The predicted octanol–water partition coefficient (Wildman–Crippen LogP) is 5.39. The fraction of sp³-hybridized carbons (Fsp3) is 0.286. The van der Waals surface area contributed by atoms with Crippen LogP contribution in [0.1, 0.15) is 25.0 Å². The Bertz CT molecular complexity index is 974. The van der Waals surface area contributed by atoms with Crippen LogP contribution in [0, 0.1) is 0 Å². The van der Waals surface area contributed by atoms with Gasteiger partial charge in [-0.05, 0) is 47.3 Å². The van der Waals surface area contributed by atoms with Crippen LogP contribution in [0.15, 0.2) is 52.4 Å². The van der Waals surface area contributed by atoms with Crippen LogP contribution in [-0.4, -0.2) is 33.9 Å². The summed E-state index contributed by atoms with van der Waals surface area (Å²) in [6.45, 7) is 1.78. The average Bonchev–Trinajstić information content (AvgIpc) is 3.41. The number of hydrogen-bond acceptors (Lipinski definition) is 6. The maximum Gasteiger partial charge on any atom is 0.222 e. The molecule has 1 N–H and O–H groups in total. The zero-order chi connectivity index (χ0) is 20.1. The number of para-hydroxylation sites is 1. The molecule has 29 heavy (non-hydrogen) atoms. The molecule has 3 aromatic rings. The molecular weight excluding hydrogens is 452 g/mol. The van der Waals surface area contributed by atoms with E-state index < -0.39 is 0 Å². The number of likely N-dealkylation sites (tertiary alicyclic amines) is 1. The van der Waals surface area contributed by atoms with Gasteiger partial charge in [0.2, 0.25) is 5.91 Å². The Kier molecular flexibility index (Phi) is 6.41. The topological polar surface area (TPSA) is 67.3 Å². The van der Waals surface area contributed by atoms with Crippen molar-refractivity contribution in [1.82, 2.24) is 14.9 Å². The van der Waals surface area contributed by atoms with Gasteiger partial charge in [-0.25, -0.2) is 9.97 Å². The van der Waals surface area contributed by atoms with Crippen molar-refractivity contribution in [2.75, 3.05) is 18.4 Å². The second-order valence-corrected chi connectivity index (χ2v) is 8.55. The summed E-state index contributed by atoms with van der Waals surface area (Å²) in [6, 6.07) is 11.4. The third kappa shape index (κ3) is 5.33. The highest BCUT2D eigenvalue weighted by Crippen LogP contribution is 2.33. The number of ether oxygens (including phenoxy) is 1. The number of amides is 1. The van der Waals surface area contributed by atoms with Gasteiger partial charge in [0.1, 0.15) is 5.75 Å². The van der Waals surface area contributed by atoms with Crippen LogP contribution < -0.4 is 10.1 Å². The first-order chi connectivity index (χ1) is 14.2. The molecule has 1 fully saturated rings. The lowest BCUT2D eigenvalue weighted by Crippen LogP contribution is -2.27. The number of carbonyl (C=O) groups is 1. The van der Waals surface area contributed by atoms with Gasteiger partial charge in [0.25, 0.3) is 0 Å². The SMILES string of the molecule is O=C(CCc1csc(Nc2ncc(Br)cc2Oc2ccccc2)n1)N1CCCC1. The highest BCUT2D eigenvalue weighted by atomic mass is 79.9. The van der Waals surface area contributed by atoms with Gasteiger partial charge in [-0.15, -0.1) is 11.3 Å². The molecule has 150 valence electrons. The van der Waals surface area contributed by atoms with E-state index in [4.69, 9.17) is 4.74 Å². The highest BCUT2D eigenvalue weighted by Gasteiger charge is 2.18. The van der Waals surface area contributed by atoms with Crippen LogP contribution in [0.5, 0.6) is 11.5 Å². The standard InChI is InChI=1S/C21H21BrN4O2S/c22-15-12-18(28-17-6-2-1-3-7-17)20(23-13-15)25-21-24-16(14-29-21)8-9-19(27)26-10-4-5-11-26/h1-3,6-7,12-14H,4-5,8-11H2,(H,23,24,25). The van der Waals surface area contributed by atoms with Gasteiger partial charge < -0.3 is 15.0 Å². The Morgan fingerprint density at radius 3 is 2.83 bits per heavy atom. The molecule has 1 amide bonds. The minimum atomic E-state index is 0.220. The molecule has 0 bridgehead atoms. The summed E-state index contributed by atoms with van der Waals surface area (Å²) in [5, 5.41) is 5.94. The highest BCUT2D eigenvalue weighted by molar-refractivity contribution is 9.10. The fourth-order valence-corrected chi connectivity index (χ4v) is 4.20. The predicted molar refractivity (Wildman–Crippen MR) is 118 cm³/mol. The summed E-state index contributed by atoms with van der Waals surface area (Å²) in [6.07, 6.45) is 5.09.